The van der Waals surface area contributed by atoms with Crippen LogP contribution in [-0.4, -0.2) is 52.7 Å². The predicted octanol–water partition coefficient (Wildman–Crippen LogP) is 2.99. The van der Waals surface area contributed by atoms with E-state index in [1.807, 2.05) is 0 Å². The average molecular weight is 507 g/mol. The first-order valence-electron chi connectivity index (χ1n) is 10.8. The van der Waals surface area contributed by atoms with Gasteiger partial charge in [0.2, 0.25) is 12.3 Å². The van der Waals surface area contributed by atoms with Crippen molar-refractivity contribution < 1.29 is 31.5 Å². The van der Waals surface area contributed by atoms with Crippen molar-refractivity contribution in [1.82, 2.24) is 14.8 Å². The lowest BCUT2D eigenvalue weighted by Crippen LogP contribution is -2.47. The van der Waals surface area contributed by atoms with Crippen LogP contribution in [0, 0.1) is 11.2 Å². The topological polar surface area (TPSA) is 134 Å². The van der Waals surface area contributed by atoms with Gasteiger partial charge in [-0.1, -0.05) is 6.92 Å². The van der Waals surface area contributed by atoms with Crippen molar-refractivity contribution in [3.8, 4) is 17.0 Å². The molecular weight excluding hydrogens is 482 g/mol. The number of amides is 1. The molecule has 2 N–H and O–H groups in total. The third kappa shape index (κ3) is 4.88. The zero-order valence-corrected chi connectivity index (χ0v) is 20.1. The summed E-state index contributed by atoms with van der Waals surface area (Å²) in [5, 5.41) is 4.36. The van der Waals surface area contributed by atoms with Crippen molar-refractivity contribution in [3.05, 3.63) is 41.8 Å². The number of pyridine rings is 1. The number of ketones is 1. The molecule has 2 aromatic heterocycles. The Morgan fingerprint density at radius 2 is 1.94 bits per heavy atom. The molecule has 1 aromatic carbocycles. The summed E-state index contributed by atoms with van der Waals surface area (Å²) >= 11 is 0. The normalized spacial score (nSPS) is 18.0. The van der Waals surface area contributed by atoms with Crippen LogP contribution in [0.3, 0.4) is 0 Å². The first-order valence-corrected chi connectivity index (χ1v) is 12.6. The molecule has 0 spiro atoms. The maximum atomic E-state index is 14.8. The standard InChI is InChI=1S/C23H24F2N4O5S/c1-12(22(26)31)29-18-6-14(19(30)8-23(3)10-35(32,33)11-23)9-27-21(18)20(28-29)16-7-15(34-13(2)24)4-5-17(16)25/h4-7,9,12-13H,8,10-11H2,1-3H3,(H2,26,31). The number of aromatic nitrogens is 3. The molecule has 0 radical (unpaired) electrons. The van der Waals surface area contributed by atoms with Gasteiger partial charge < -0.3 is 10.5 Å². The molecule has 186 valence electrons. The molecular formula is C23H24F2N4O5S. The van der Waals surface area contributed by atoms with Gasteiger partial charge in [0.25, 0.3) is 0 Å². The summed E-state index contributed by atoms with van der Waals surface area (Å²) in [5.41, 5.74) is 5.46. The molecule has 0 aliphatic carbocycles. The lowest BCUT2D eigenvalue weighted by Gasteiger charge is -2.37. The van der Waals surface area contributed by atoms with E-state index in [-0.39, 0.29) is 57.3 Å². The Labute approximate surface area is 200 Å². The quantitative estimate of drug-likeness (QED) is 0.464. The molecule has 1 aliphatic heterocycles. The van der Waals surface area contributed by atoms with E-state index in [2.05, 4.69) is 10.1 Å². The van der Waals surface area contributed by atoms with Crippen LogP contribution in [0.4, 0.5) is 8.78 Å². The minimum Gasteiger partial charge on any atom is -0.461 e. The van der Waals surface area contributed by atoms with E-state index < -0.39 is 39.4 Å². The number of nitrogens with two attached hydrogens (primary N) is 1. The number of benzene rings is 1. The number of ether oxygens (including phenoxy) is 1. The van der Waals surface area contributed by atoms with Crippen LogP contribution in [0.2, 0.25) is 0 Å². The van der Waals surface area contributed by atoms with Crippen molar-refractivity contribution in [2.24, 2.45) is 11.1 Å². The van der Waals surface area contributed by atoms with Crippen LogP contribution in [0.1, 0.15) is 43.6 Å². The number of hydrogen-bond donors (Lipinski definition) is 1. The number of rotatable bonds is 8. The van der Waals surface area contributed by atoms with Crippen LogP contribution in [0.15, 0.2) is 30.5 Å². The molecule has 0 bridgehead atoms. The van der Waals surface area contributed by atoms with E-state index in [0.717, 1.165) is 6.07 Å². The molecule has 3 aromatic rings. The summed E-state index contributed by atoms with van der Waals surface area (Å²) in [4.78, 5) is 29.2. The van der Waals surface area contributed by atoms with Crippen LogP contribution in [0.5, 0.6) is 5.75 Å². The zero-order chi connectivity index (χ0) is 25.7. The van der Waals surface area contributed by atoms with Crippen molar-refractivity contribution in [3.63, 3.8) is 0 Å². The molecule has 1 aliphatic rings. The summed E-state index contributed by atoms with van der Waals surface area (Å²) in [7, 11) is -3.12. The zero-order valence-electron chi connectivity index (χ0n) is 19.3. The van der Waals surface area contributed by atoms with Crippen LogP contribution >= 0.6 is 0 Å². The third-order valence-corrected chi connectivity index (χ3v) is 8.14. The van der Waals surface area contributed by atoms with Gasteiger partial charge in [0.15, 0.2) is 15.6 Å². The number of carbonyl (C=O) groups excluding carboxylic acids is 2. The third-order valence-electron chi connectivity index (χ3n) is 5.86. The average Bonchev–Trinajstić information content (AvgIpc) is 3.11. The lowest BCUT2D eigenvalue weighted by molar-refractivity contribution is -0.120. The Kier molecular flexibility index (Phi) is 6.12. The van der Waals surface area contributed by atoms with Gasteiger partial charge in [0, 0.05) is 36.1 Å². The highest BCUT2D eigenvalue weighted by Crippen LogP contribution is 2.37. The number of alkyl halides is 1. The Morgan fingerprint density at radius 1 is 1.26 bits per heavy atom. The highest BCUT2D eigenvalue weighted by Gasteiger charge is 2.45. The van der Waals surface area contributed by atoms with E-state index in [1.165, 1.54) is 42.9 Å². The minimum atomic E-state index is -3.12. The maximum Gasteiger partial charge on any atom is 0.242 e. The van der Waals surface area contributed by atoms with Gasteiger partial charge >= 0.3 is 0 Å². The van der Waals surface area contributed by atoms with Crippen LogP contribution < -0.4 is 10.5 Å². The van der Waals surface area contributed by atoms with Gasteiger partial charge in [-0.2, -0.15) is 5.10 Å². The van der Waals surface area contributed by atoms with Crippen LogP contribution in [-0.2, 0) is 14.6 Å². The fraction of sp³-hybridized carbons (Fsp3) is 0.391. The summed E-state index contributed by atoms with van der Waals surface area (Å²) in [6, 6.07) is 4.15. The highest BCUT2D eigenvalue weighted by atomic mass is 32.2. The molecule has 1 saturated heterocycles. The lowest BCUT2D eigenvalue weighted by atomic mass is 9.86. The molecule has 2 atom stereocenters. The number of hydrogen-bond acceptors (Lipinski definition) is 7. The first-order chi connectivity index (χ1) is 16.3. The Balaban J connectivity index is 1.80. The molecule has 2 unspecified atom stereocenters. The number of carbonyl (C=O) groups is 2. The summed E-state index contributed by atoms with van der Waals surface area (Å²) in [6.07, 6.45) is -0.328. The van der Waals surface area contributed by atoms with Gasteiger partial charge in [0.1, 0.15) is 28.8 Å². The predicted molar refractivity (Wildman–Crippen MR) is 124 cm³/mol. The number of halogens is 2. The van der Waals surface area contributed by atoms with E-state index in [9.17, 15) is 26.8 Å². The van der Waals surface area contributed by atoms with Crippen molar-refractivity contribution >= 4 is 32.6 Å². The molecule has 0 saturated carbocycles. The molecule has 4 rings (SSSR count). The maximum absolute atomic E-state index is 14.8. The number of fused-ring (bicyclic) bond motifs is 1. The van der Waals surface area contributed by atoms with Crippen molar-refractivity contribution in [2.75, 3.05) is 11.5 Å². The van der Waals surface area contributed by atoms with Crippen molar-refractivity contribution in [1.29, 1.82) is 0 Å². The van der Waals surface area contributed by atoms with Gasteiger partial charge in [0.05, 0.1) is 17.0 Å². The Bertz CT molecular complexity index is 1440. The second kappa shape index (κ2) is 8.67. The summed E-state index contributed by atoms with van der Waals surface area (Å²) in [6.45, 7) is 4.40. The molecule has 9 nitrogen and oxygen atoms in total. The van der Waals surface area contributed by atoms with Gasteiger partial charge in [-0.05, 0) is 31.2 Å². The molecule has 3 heterocycles. The van der Waals surface area contributed by atoms with Gasteiger partial charge in [-0.15, -0.1) is 0 Å². The second-order valence-corrected chi connectivity index (χ2v) is 11.3. The largest absolute Gasteiger partial charge is 0.461 e. The first kappa shape index (κ1) is 24.7. The van der Waals surface area contributed by atoms with E-state index >= 15 is 0 Å². The Morgan fingerprint density at radius 3 is 2.54 bits per heavy atom. The summed E-state index contributed by atoms with van der Waals surface area (Å²) < 4.78 is 57.5. The smallest absolute Gasteiger partial charge is 0.242 e. The molecule has 35 heavy (non-hydrogen) atoms. The highest BCUT2D eigenvalue weighted by molar-refractivity contribution is 7.92. The number of Topliss-reactive ketones (excluding diaryl/α,β-unsaturated/α-hetero) is 1. The summed E-state index contributed by atoms with van der Waals surface area (Å²) in [5.74, 6) is -1.79. The van der Waals surface area contributed by atoms with Gasteiger partial charge in [-0.3, -0.25) is 19.3 Å². The monoisotopic (exact) mass is 506 g/mol. The second-order valence-electron chi connectivity index (χ2n) is 9.21. The van der Waals surface area contributed by atoms with E-state index in [1.54, 1.807) is 6.92 Å². The Hall–Kier alpha value is -3.41. The molecule has 1 amide bonds. The van der Waals surface area contributed by atoms with Crippen molar-refractivity contribution in [2.45, 2.75) is 39.6 Å². The van der Waals surface area contributed by atoms with E-state index in [0.29, 0.717) is 0 Å². The van der Waals surface area contributed by atoms with Gasteiger partial charge in [-0.25, -0.2) is 17.2 Å². The SMILES string of the molecule is CC(F)Oc1ccc(F)c(-c2nn(C(C)C(N)=O)c3cc(C(=O)CC4(C)CS(=O)(=O)C4)cnc23)c1. The fourth-order valence-electron chi connectivity index (χ4n) is 4.33. The fourth-order valence-corrected chi connectivity index (χ4v) is 6.57. The van der Waals surface area contributed by atoms with Crippen LogP contribution in [0.25, 0.3) is 22.3 Å². The number of sulfone groups is 1. The molecule has 12 heteroatoms. The number of primary amides is 1. The number of nitrogens with zero attached hydrogens (tertiary/aromatic N) is 3. The minimum absolute atomic E-state index is 0.00120. The molecule has 1 fully saturated rings. The van der Waals surface area contributed by atoms with E-state index in [4.69, 9.17) is 10.5 Å².